The lowest BCUT2D eigenvalue weighted by molar-refractivity contribution is 0.0835. The van der Waals surface area contributed by atoms with E-state index in [0.29, 0.717) is 23.0 Å². The van der Waals surface area contributed by atoms with Crippen molar-refractivity contribution in [2.75, 3.05) is 5.06 Å². The molecule has 1 aliphatic heterocycles. The molecule has 144 valence electrons. The molecule has 0 saturated carbocycles. The van der Waals surface area contributed by atoms with Gasteiger partial charge in [0.25, 0.3) is 0 Å². The second-order valence-corrected chi connectivity index (χ2v) is 7.99. The van der Waals surface area contributed by atoms with Gasteiger partial charge in [-0.05, 0) is 35.9 Å². The van der Waals surface area contributed by atoms with Gasteiger partial charge in [-0.2, -0.15) is 0 Å². The van der Waals surface area contributed by atoms with Crippen LogP contribution in [0.1, 0.15) is 29.7 Å². The van der Waals surface area contributed by atoms with Crippen LogP contribution in [0.5, 0.6) is 0 Å². The number of para-hydroxylation sites is 1. The van der Waals surface area contributed by atoms with Crippen LogP contribution >= 0.6 is 15.9 Å². The zero-order valence-corrected chi connectivity index (χ0v) is 17.1. The van der Waals surface area contributed by atoms with Gasteiger partial charge in [0, 0.05) is 10.9 Å². The number of rotatable bonds is 3. The van der Waals surface area contributed by atoms with E-state index in [0.717, 1.165) is 15.7 Å². The highest BCUT2D eigenvalue weighted by Gasteiger charge is 2.37. The van der Waals surface area contributed by atoms with E-state index in [2.05, 4.69) is 28.1 Å². The van der Waals surface area contributed by atoms with Crippen molar-refractivity contribution in [3.8, 4) is 0 Å². The molecule has 0 amide bonds. The van der Waals surface area contributed by atoms with Crippen LogP contribution < -0.4 is 10.5 Å². The van der Waals surface area contributed by atoms with Crippen molar-refractivity contribution in [3.05, 3.63) is 111 Å². The Labute approximate surface area is 176 Å². The summed E-state index contributed by atoms with van der Waals surface area (Å²) in [6.07, 6.45) is 2.10. The highest BCUT2D eigenvalue weighted by atomic mass is 79.9. The van der Waals surface area contributed by atoms with Gasteiger partial charge in [0.1, 0.15) is 18.0 Å². The first-order valence-corrected chi connectivity index (χ1v) is 10.3. The van der Waals surface area contributed by atoms with E-state index in [1.165, 1.54) is 0 Å². The molecule has 4 aromatic rings. The zero-order chi connectivity index (χ0) is 19.8. The summed E-state index contributed by atoms with van der Waals surface area (Å²) in [5, 5.41) is 2.40. The SMILES string of the molecule is O=c1c([C@@H]2C[C@H](c3ccccc3)ON2c2ccccc2)coc2ccc(Br)cc12. The lowest BCUT2D eigenvalue weighted by Crippen LogP contribution is -2.25. The first-order valence-electron chi connectivity index (χ1n) is 9.47. The van der Waals surface area contributed by atoms with Gasteiger partial charge in [-0.3, -0.25) is 9.63 Å². The molecule has 3 aromatic carbocycles. The average molecular weight is 448 g/mol. The Morgan fingerprint density at radius 2 is 1.66 bits per heavy atom. The van der Waals surface area contributed by atoms with Gasteiger partial charge in [0.05, 0.1) is 22.7 Å². The molecule has 4 nitrogen and oxygen atoms in total. The number of fused-ring (bicyclic) bond motifs is 1. The van der Waals surface area contributed by atoms with E-state index in [9.17, 15) is 4.79 Å². The summed E-state index contributed by atoms with van der Waals surface area (Å²) in [6.45, 7) is 0. The maximum atomic E-state index is 13.3. The molecule has 0 bridgehead atoms. The van der Waals surface area contributed by atoms with Crippen molar-refractivity contribution < 1.29 is 9.25 Å². The average Bonchev–Trinajstić information content (AvgIpc) is 3.21. The summed E-state index contributed by atoms with van der Waals surface area (Å²) < 4.78 is 6.66. The molecule has 5 rings (SSSR count). The predicted octanol–water partition coefficient (Wildman–Crippen LogP) is 6.18. The molecule has 1 aliphatic rings. The fourth-order valence-electron chi connectivity index (χ4n) is 3.83. The maximum absolute atomic E-state index is 13.3. The lowest BCUT2D eigenvalue weighted by Gasteiger charge is -2.24. The Morgan fingerprint density at radius 3 is 2.41 bits per heavy atom. The minimum absolute atomic E-state index is 0.0317. The fraction of sp³-hybridized carbons (Fsp3) is 0.125. The highest BCUT2D eigenvalue weighted by Crippen LogP contribution is 2.43. The third kappa shape index (κ3) is 3.37. The third-order valence-corrected chi connectivity index (χ3v) is 5.76. The minimum Gasteiger partial charge on any atom is -0.464 e. The summed E-state index contributed by atoms with van der Waals surface area (Å²) in [5.74, 6) is 0. The first kappa shape index (κ1) is 18.2. The molecular weight excluding hydrogens is 430 g/mol. The molecule has 2 atom stereocenters. The van der Waals surface area contributed by atoms with Crippen molar-refractivity contribution in [2.45, 2.75) is 18.6 Å². The molecule has 0 radical (unpaired) electrons. The number of benzene rings is 3. The molecule has 0 N–H and O–H groups in total. The lowest BCUT2D eigenvalue weighted by atomic mass is 9.98. The fourth-order valence-corrected chi connectivity index (χ4v) is 4.20. The van der Waals surface area contributed by atoms with Crippen LogP contribution in [0.25, 0.3) is 11.0 Å². The number of hydrogen-bond acceptors (Lipinski definition) is 4. The topological polar surface area (TPSA) is 42.7 Å². The van der Waals surface area contributed by atoms with Crippen molar-refractivity contribution in [1.29, 1.82) is 0 Å². The largest absolute Gasteiger partial charge is 0.464 e. The van der Waals surface area contributed by atoms with E-state index in [4.69, 9.17) is 9.25 Å². The van der Waals surface area contributed by atoms with Gasteiger partial charge in [0.15, 0.2) is 5.43 Å². The number of hydrogen-bond donors (Lipinski definition) is 0. The van der Waals surface area contributed by atoms with Gasteiger partial charge in [-0.1, -0.05) is 64.5 Å². The quantitative estimate of drug-likeness (QED) is 0.376. The monoisotopic (exact) mass is 447 g/mol. The summed E-state index contributed by atoms with van der Waals surface area (Å²) in [5.41, 5.74) is 3.13. The number of anilines is 1. The molecular formula is C24H18BrNO3. The minimum atomic E-state index is -0.248. The summed E-state index contributed by atoms with van der Waals surface area (Å²) >= 11 is 3.45. The molecule has 29 heavy (non-hydrogen) atoms. The van der Waals surface area contributed by atoms with Gasteiger partial charge < -0.3 is 4.42 Å². The van der Waals surface area contributed by atoms with Crippen molar-refractivity contribution in [2.24, 2.45) is 0 Å². The molecule has 0 unspecified atom stereocenters. The molecule has 1 aromatic heterocycles. The van der Waals surface area contributed by atoms with Crippen LogP contribution in [0.15, 0.2) is 98.8 Å². The Hall–Kier alpha value is -2.89. The first-order chi connectivity index (χ1) is 14.2. The number of hydroxylamine groups is 1. The van der Waals surface area contributed by atoms with Gasteiger partial charge >= 0.3 is 0 Å². The van der Waals surface area contributed by atoms with Crippen LogP contribution in [0.2, 0.25) is 0 Å². The van der Waals surface area contributed by atoms with Crippen molar-refractivity contribution >= 4 is 32.6 Å². The Bertz CT molecular complexity index is 1210. The van der Waals surface area contributed by atoms with Gasteiger partial charge in [-0.15, -0.1) is 0 Å². The molecule has 2 heterocycles. The Kier molecular flexibility index (Phi) is 4.70. The molecule has 0 aliphatic carbocycles. The normalized spacial score (nSPS) is 19.0. The van der Waals surface area contributed by atoms with Crippen molar-refractivity contribution in [3.63, 3.8) is 0 Å². The van der Waals surface area contributed by atoms with Crippen LogP contribution in [0, 0.1) is 0 Å². The number of halogens is 1. The Balaban J connectivity index is 1.62. The molecule has 1 fully saturated rings. The zero-order valence-electron chi connectivity index (χ0n) is 15.5. The Morgan fingerprint density at radius 1 is 0.931 bits per heavy atom. The van der Waals surface area contributed by atoms with E-state index < -0.39 is 0 Å². The second-order valence-electron chi connectivity index (χ2n) is 7.08. The summed E-state index contributed by atoms with van der Waals surface area (Å²) in [6, 6.07) is 25.2. The smallest absolute Gasteiger partial charge is 0.198 e. The third-order valence-electron chi connectivity index (χ3n) is 5.26. The predicted molar refractivity (Wildman–Crippen MR) is 117 cm³/mol. The summed E-state index contributed by atoms with van der Waals surface area (Å²) in [7, 11) is 0. The standard InChI is InChI=1S/C24H18BrNO3/c25-17-11-12-22-19(13-17)24(27)20(15-28-22)21-14-23(16-7-3-1-4-8-16)29-26(21)18-9-5-2-6-10-18/h1-13,15,21,23H,14H2/t21-,23+/m0/s1. The van der Waals surface area contributed by atoms with Crippen LogP contribution in [-0.2, 0) is 4.84 Å². The molecule has 1 saturated heterocycles. The summed E-state index contributed by atoms with van der Waals surface area (Å²) in [4.78, 5) is 19.7. The van der Waals surface area contributed by atoms with Gasteiger partial charge in [-0.25, -0.2) is 5.06 Å². The molecule has 0 spiro atoms. The van der Waals surface area contributed by atoms with Crippen LogP contribution in [0.4, 0.5) is 5.69 Å². The van der Waals surface area contributed by atoms with E-state index >= 15 is 0 Å². The van der Waals surface area contributed by atoms with Crippen LogP contribution in [-0.4, -0.2) is 0 Å². The van der Waals surface area contributed by atoms with E-state index in [-0.39, 0.29) is 17.6 Å². The molecule has 5 heteroatoms. The number of nitrogens with zero attached hydrogens (tertiary/aromatic N) is 1. The van der Waals surface area contributed by atoms with E-state index in [1.54, 1.807) is 12.3 Å². The maximum Gasteiger partial charge on any atom is 0.198 e. The van der Waals surface area contributed by atoms with E-state index in [1.807, 2.05) is 65.7 Å². The van der Waals surface area contributed by atoms with Crippen molar-refractivity contribution in [1.82, 2.24) is 0 Å². The second kappa shape index (κ2) is 7.50. The van der Waals surface area contributed by atoms with Crippen LogP contribution in [0.3, 0.4) is 0 Å². The van der Waals surface area contributed by atoms with Gasteiger partial charge in [0.2, 0.25) is 0 Å². The highest BCUT2D eigenvalue weighted by molar-refractivity contribution is 9.10.